The summed E-state index contributed by atoms with van der Waals surface area (Å²) in [7, 11) is -3.63. The Hall–Kier alpha value is -2.83. The summed E-state index contributed by atoms with van der Waals surface area (Å²) in [6, 6.07) is 8.16. The highest BCUT2D eigenvalue weighted by molar-refractivity contribution is 7.89. The Labute approximate surface area is 177 Å². The van der Waals surface area contributed by atoms with E-state index < -0.39 is 10.0 Å². The van der Waals surface area contributed by atoms with Crippen LogP contribution in [-0.2, 0) is 10.0 Å². The molecule has 4 rings (SSSR count). The van der Waals surface area contributed by atoms with E-state index in [-0.39, 0.29) is 23.9 Å². The van der Waals surface area contributed by atoms with Crippen LogP contribution in [0.25, 0.3) is 5.69 Å². The van der Waals surface area contributed by atoms with Gasteiger partial charge >= 0.3 is 0 Å². The third-order valence-corrected chi connectivity index (χ3v) is 7.54. The number of amides is 1. The van der Waals surface area contributed by atoms with Crippen molar-refractivity contribution in [3.8, 4) is 11.4 Å². The number of ether oxygens (including phenoxy) is 1. The van der Waals surface area contributed by atoms with Crippen LogP contribution in [0.4, 0.5) is 0 Å². The summed E-state index contributed by atoms with van der Waals surface area (Å²) in [6.45, 7) is 3.46. The Kier molecular flexibility index (Phi) is 5.79. The molecule has 0 radical (unpaired) electrons. The van der Waals surface area contributed by atoms with Crippen molar-refractivity contribution < 1.29 is 17.9 Å². The van der Waals surface area contributed by atoms with E-state index in [9.17, 15) is 13.2 Å². The molecular formula is C18H20N6O4S2. The molecule has 12 heteroatoms. The summed E-state index contributed by atoms with van der Waals surface area (Å²) in [5.74, 6) is 0.467. The SMILES string of the molecule is CCOc1ccc(S(=O)(=O)N2CCN(C(=O)c3sccc3-n3cnnn3)CC2)cc1. The normalized spacial score (nSPS) is 15.3. The highest BCUT2D eigenvalue weighted by Gasteiger charge is 2.31. The molecule has 10 nitrogen and oxygen atoms in total. The van der Waals surface area contributed by atoms with Crippen LogP contribution in [0.1, 0.15) is 16.6 Å². The first-order chi connectivity index (χ1) is 14.5. The van der Waals surface area contributed by atoms with Crippen molar-refractivity contribution >= 4 is 27.3 Å². The maximum atomic E-state index is 13.0. The van der Waals surface area contributed by atoms with Gasteiger partial charge in [-0.05, 0) is 53.1 Å². The third-order valence-electron chi connectivity index (χ3n) is 4.73. The van der Waals surface area contributed by atoms with Crippen molar-refractivity contribution in [1.29, 1.82) is 0 Å². The highest BCUT2D eigenvalue weighted by Crippen LogP contribution is 2.24. The summed E-state index contributed by atoms with van der Waals surface area (Å²) in [5, 5.41) is 12.8. The van der Waals surface area contributed by atoms with Gasteiger partial charge in [-0.1, -0.05) is 0 Å². The molecule has 0 unspecified atom stereocenters. The second kappa shape index (κ2) is 8.50. The van der Waals surface area contributed by atoms with Crippen LogP contribution in [0.3, 0.4) is 0 Å². The number of carbonyl (C=O) groups excluding carboxylic acids is 1. The first-order valence-electron chi connectivity index (χ1n) is 9.34. The Morgan fingerprint density at radius 3 is 2.50 bits per heavy atom. The first kappa shape index (κ1) is 20.4. The third kappa shape index (κ3) is 3.93. The number of tetrazole rings is 1. The van der Waals surface area contributed by atoms with Gasteiger partial charge in [0.25, 0.3) is 5.91 Å². The molecule has 1 fully saturated rings. The average molecular weight is 449 g/mol. The number of benzene rings is 1. The summed E-state index contributed by atoms with van der Waals surface area (Å²) in [6.07, 6.45) is 1.43. The molecule has 3 aromatic rings. The molecule has 1 amide bonds. The van der Waals surface area contributed by atoms with Crippen LogP contribution in [0.5, 0.6) is 5.75 Å². The average Bonchev–Trinajstić information content (AvgIpc) is 3.46. The molecule has 1 aliphatic heterocycles. The summed E-state index contributed by atoms with van der Waals surface area (Å²) >= 11 is 1.31. The predicted molar refractivity (Wildman–Crippen MR) is 109 cm³/mol. The highest BCUT2D eigenvalue weighted by atomic mass is 32.2. The molecule has 3 heterocycles. The van der Waals surface area contributed by atoms with E-state index in [1.807, 2.05) is 6.92 Å². The van der Waals surface area contributed by atoms with Gasteiger partial charge in [0, 0.05) is 26.2 Å². The van der Waals surface area contributed by atoms with Crippen LogP contribution in [0.2, 0.25) is 0 Å². The lowest BCUT2D eigenvalue weighted by Crippen LogP contribution is -2.50. The fraction of sp³-hybridized carbons (Fsp3) is 0.333. The minimum atomic E-state index is -3.63. The summed E-state index contributed by atoms with van der Waals surface area (Å²) in [5.41, 5.74) is 0.611. The van der Waals surface area contributed by atoms with Crippen LogP contribution >= 0.6 is 11.3 Å². The van der Waals surface area contributed by atoms with Gasteiger partial charge in [0.15, 0.2) is 0 Å². The summed E-state index contributed by atoms with van der Waals surface area (Å²) in [4.78, 5) is 15.4. The maximum Gasteiger partial charge on any atom is 0.266 e. The van der Waals surface area contributed by atoms with E-state index in [2.05, 4.69) is 15.5 Å². The Balaban J connectivity index is 1.44. The van der Waals surface area contributed by atoms with Gasteiger partial charge in [0.1, 0.15) is 17.0 Å². The van der Waals surface area contributed by atoms with E-state index in [1.54, 1.807) is 40.6 Å². The van der Waals surface area contributed by atoms with Crippen LogP contribution in [0.15, 0.2) is 46.9 Å². The Morgan fingerprint density at radius 2 is 1.87 bits per heavy atom. The van der Waals surface area contributed by atoms with E-state index in [4.69, 9.17) is 4.74 Å². The Bertz CT molecular complexity index is 1100. The number of thiophene rings is 1. The van der Waals surface area contributed by atoms with Crippen molar-refractivity contribution in [3.63, 3.8) is 0 Å². The van der Waals surface area contributed by atoms with Crippen LogP contribution in [0, 0.1) is 0 Å². The van der Waals surface area contributed by atoms with Crippen molar-refractivity contribution in [2.45, 2.75) is 11.8 Å². The molecule has 0 aliphatic carbocycles. The fourth-order valence-corrected chi connectivity index (χ4v) is 5.48. The van der Waals surface area contributed by atoms with Gasteiger partial charge in [-0.25, -0.2) is 8.42 Å². The van der Waals surface area contributed by atoms with Crippen LogP contribution in [-0.4, -0.2) is 76.5 Å². The van der Waals surface area contributed by atoms with Gasteiger partial charge in [-0.15, -0.1) is 16.4 Å². The number of nitrogens with zero attached hydrogens (tertiary/aromatic N) is 6. The first-order valence-corrected chi connectivity index (χ1v) is 11.7. The molecule has 30 heavy (non-hydrogen) atoms. The fourth-order valence-electron chi connectivity index (χ4n) is 3.21. The second-order valence-electron chi connectivity index (χ2n) is 6.49. The molecule has 1 saturated heterocycles. The number of sulfonamides is 1. The molecule has 1 aromatic carbocycles. The zero-order valence-electron chi connectivity index (χ0n) is 16.2. The van der Waals surface area contributed by atoms with Crippen molar-refractivity contribution in [2.24, 2.45) is 0 Å². The summed E-state index contributed by atoms with van der Waals surface area (Å²) < 4.78 is 34.1. The number of rotatable bonds is 6. The van der Waals surface area contributed by atoms with Crippen molar-refractivity contribution in [3.05, 3.63) is 46.9 Å². The molecule has 0 N–H and O–H groups in total. The van der Waals surface area contributed by atoms with E-state index in [0.717, 1.165) is 0 Å². The number of hydrogen-bond acceptors (Lipinski definition) is 8. The zero-order valence-corrected chi connectivity index (χ0v) is 17.8. The van der Waals surface area contributed by atoms with Gasteiger partial charge < -0.3 is 9.64 Å². The van der Waals surface area contributed by atoms with Gasteiger partial charge in [0.2, 0.25) is 10.0 Å². The number of hydrogen-bond donors (Lipinski definition) is 0. The van der Waals surface area contributed by atoms with E-state index in [0.29, 0.717) is 36.0 Å². The van der Waals surface area contributed by atoms with E-state index >= 15 is 0 Å². The molecule has 2 aromatic heterocycles. The minimum Gasteiger partial charge on any atom is -0.494 e. The molecule has 158 valence electrons. The maximum absolute atomic E-state index is 13.0. The molecular weight excluding hydrogens is 428 g/mol. The second-order valence-corrected chi connectivity index (χ2v) is 9.34. The number of carbonyl (C=O) groups is 1. The van der Waals surface area contributed by atoms with E-state index in [1.165, 1.54) is 26.7 Å². The molecule has 0 bridgehead atoms. The Morgan fingerprint density at radius 1 is 1.13 bits per heavy atom. The lowest BCUT2D eigenvalue weighted by molar-refractivity contribution is 0.0702. The quantitative estimate of drug-likeness (QED) is 0.558. The minimum absolute atomic E-state index is 0.159. The van der Waals surface area contributed by atoms with Crippen LogP contribution < -0.4 is 4.74 Å². The molecule has 1 aliphatic rings. The predicted octanol–water partition coefficient (Wildman–Crippen LogP) is 1.27. The topological polar surface area (TPSA) is 111 Å². The smallest absolute Gasteiger partial charge is 0.266 e. The zero-order chi connectivity index (χ0) is 21.1. The van der Waals surface area contributed by atoms with Crippen molar-refractivity contribution in [1.82, 2.24) is 29.4 Å². The standard InChI is InChI=1S/C18H20N6O4S2/c1-2-28-14-3-5-15(6-4-14)30(26,27)23-10-8-22(9-11-23)18(25)17-16(7-12-29-17)24-13-19-20-21-24/h3-7,12-13H,2,8-11H2,1H3. The van der Waals surface area contributed by atoms with Gasteiger partial charge in [0.05, 0.1) is 17.2 Å². The van der Waals surface area contributed by atoms with Gasteiger partial charge in [-0.2, -0.15) is 8.99 Å². The molecule has 0 saturated carbocycles. The molecule has 0 spiro atoms. The number of aromatic nitrogens is 4. The van der Waals surface area contributed by atoms with Gasteiger partial charge in [-0.3, -0.25) is 4.79 Å². The van der Waals surface area contributed by atoms with Crippen molar-refractivity contribution in [2.75, 3.05) is 32.8 Å². The monoisotopic (exact) mass is 448 g/mol. The number of piperazine rings is 1. The lowest BCUT2D eigenvalue weighted by atomic mass is 10.3. The molecule has 0 atom stereocenters. The lowest BCUT2D eigenvalue weighted by Gasteiger charge is -2.34. The largest absolute Gasteiger partial charge is 0.494 e.